The Morgan fingerprint density at radius 3 is 2.77 bits per heavy atom. The van der Waals surface area contributed by atoms with E-state index in [1.165, 1.54) is 0 Å². The van der Waals surface area contributed by atoms with Crippen LogP contribution >= 0.6 is 0 Å². The topological polar surface area (TPSA) is 117 Å². The zero-order chi connectivity index (χ0) is 21.9. The zero-order valence-corrected chi connectivity index (χ0v) is 16.3. The Balaban J connectivity index is 1.51. The molecule has 0 bridgehead atoms. The van der Waals surface area contributed by atoms with Crippen LogP contribution in [-0.4, -0.2) is 35.6 Å². The van der Waals surface area contributed by atoms with E-state index in [2.05, 4.69) is 5.32 Å². The third kappa shape index (κ3) is 5.02. The van der Waals surface area contributed by atoms with E-state index in [1.807, 2.05) is 19.9 Å². The number of nitro benzene ring substituents is 1. The number of rotatable bonds is 7. The van der Waals surface area contributed by atoms with Crippen molar-refractivity contribution in [1.29, 1.82) is 0 Å². The van der Waals surface area contributed by atoms with Gasteiger partial charge in [0.1, 0.15) is 17.1 Å². The van der Waals surface area contributed by atoms with E-state index >= 15 is 0 Å². The molecule has 0 radical (unpaired) electrons. The molecule has 0 aromatic heterocycles. The molecule has 1 N–H and O–H groups in total. The summed E-state index contributed by atoms with van der Waals surface area (Å²) in [6.45, 7) is 2.74. The van der Waals surface area contributed by atoms with Gasteiger partial charge in [-0.05, 0) is 32.0 Å². The van der Waals surface area contributed by atoms with Crippen LogP contribution in [0.3, 0.4) is 0 Å². The minimum absolute atomic E-state index is 0.210. The Hall–Kier alpha value is -3.69. The van der Waals surface area contributed by atoms with Crippen LogP contribution in [0.5, 0.6) is 11.5 Å². The number of halogens is 1. The summed E-state index contributed by atoms with van der Waals surface area (Å²) in [5.74, 6) is -1.49. The monoisotopic (exact) mass is 418 g/mol. The number of nitrogens with zero attached hydrogens (tertiary/aromatic N) is 1. The van der Waals surface area contributed by atoms with Crippen molar-refractivity contribution in [2.75, 3.05) is 18.5 Å². The van der Waals surface area contributed by atoms with Crippen molar-refractivity contribution in [2.45, 2.75) is 25.9 Å². The van der Waals surface area contributed by atoms with Crippen molar-refractivity contribution in [3.63, 3.8) is 0 Å². The van der Waals surface area contributed by atoms with Gasteiger partial charge in [-0.2, -0.15) is 0 Å². The number of hydrogen-bond acceptors (Lipinski definition) is 7. The minimum Gasteiger partial charge on any atom is -0.483 e. The lowest BCUT2D eigenvalue weighted by atomic mass is 10.0. The molecule has 1 aliphatic rings. The lowest BCUT2D eigenvalue weighted by Gasteiger charge is -2.18. The number of carbonyl (C=O) groups excluding carboxylic acids is 2. The fourth-order valence-corrected chi connectivity index (χ4v) is 2.97. The fourth-order valence-electron chi connectivity index (χ4n) is 2.97. The first kappa shape index (κ1) is 21.0. The minimum atomic E-state index is -0.833. The second-order valence-corrected chi connectivity index (χ2v) is 7.20. The smallest absolute Gasteiger partial charge is 0.344 e. The largest absolute Gasteiger partial charge is 0.483 e. The summed E-state index contributed by atoms with van der Waals surface area (Å²) >= 11 is 0. The zero-order valence-electron chi connectivity index (χ0n) is 16.3. The van der Waals surface area contributed by atoms with Crippen LogP contribution in [-0.2, 0) is 20.7 Å². The maximum Gasteiger partial charge on any atom is 0.344 e. The molecule has 2 aromatic carbocycles. The van der Waals surface area contributed by atoms with Gasteiger partial charge < -0.3 is 19.5 Å². The van der Waals surface area contributed by atoms with E-state index in [0.29, 0.717) is 24.0 Å². The number of fused-ring (bicyclic) bond motifs is 1. The van der Waals surface area contributed by atoms with Crippen LogP contribution in [0.25, 0.3) is 0 Å². The molecule has 0 aliphatic carbocycles. The first-order chi connectivity index (χ1) is 14.1. The second-order valence-electron chi connectivity index (χ2n) is 7.20. The number of para-hydroxylation sites is 1. The second kappa shape index (κ2) is 8.36. The molecule has 0 unspecified atom stereocenters. The number of carbonyl (C=O) groups is 2. The summed E-state index contributed by atoms with van der Waals surface area (Å²) < 4.78 is 29.3. The molecule has 0 fully saturated rings. The van der Waals surface area contributed by atoms with Crippen molar-refractivity contribution in [2.24, 2.45) is 0 Å². The highest BCUT2D eigenvalue weighted by Gasteiger charge is 2.32. The number of esters is 1. The molecule has 0 atom stereocenters. The molecule has 1 heterocycles. The van der Waals surface area contributed by atoms with Crippen LogP contribution in [0, 0.1) is 15.9 Å². The molecule has 0 spiro atoms. The van der Waals surface area contributed by atoms with Gasteiger partial charge in [0.2, 0.25) is 0 Å². The average Bonchev–Trinajstić information content (AvgIpc) is 3.00. The van der Waals surface area contributed by atoms with Crippen molar-refractivity contribution >= 4 is 23.3 Å². The molecule has 2 aromatic rings. The Morgan fingerprint density at radius 2 is 2.03 bits per heavy atom. The van der Waals surface area contributed by atoms with Crippen LogP contribution in [0.2, 0.25) is 0 Å². The predicted octanol–water partition coefficient (Wildman–Crippen LogP) is 3.01. The average molecular weight is 418 g/mol. The predicted molar refractivity (Wildman–Crippen MR) is 103 cm³/mol. The van der Waals surface area contributed by atoms with Crippen molar-refractivity contribution in [3.05, 3.63) is 57.9 Å². The number of ether oxygens (including phenoxy) is 3. The van der Waals surface area contributed by atoms with Crippen molar-refractivity contribution in [3.8, 4) is 11.5 Å². The highest BCUT2D eigenvalue weighted by atomic mass is 19.1. The molecular formula is C20H19FN2O7. The van der Waals surface area contributed by atoms with E-state index in [4.69, 9.17) is 14.2 Å². The van der Waals surface area contributed by atoms with E-state index in [0.717, 1.165) is 17.7 Å². The molecule has 30 heavy (non-hydrogen) atoms. The number of hydrogen-bond donors (Lipinski definition) is 1. The molecule has 0 saturated heterocycles. The summed E-state index contributed by atoms with van der Waals surface area (Å²) in [6, 6.07) is 8.05. The Kier molecular flexibility index (Phi) is 5.86. The quantitative estimate of drug-likeness (QED) is 0.417. The van der Waals surface area contributed by atoms with E-state index in [9.17, 15) is 24.1 Å². The molecule has 1 amide bonds. The highest BCUT2D eigenvalue weighted by molar-refractivity contribution is 5.94. The third-order valence-electron chi connectivity index (χ3n) is 4.20. The first-order valence-electron chi connectivity index (χ1n) is 8.98. The molecule has 0 saturated carbocycles. The van der Waals surface area contributed by atoms with Crippen LogP contribution < -0.4 is 14.8 Å². The van der Waals surface area contributed by atoms with Gasteiger partial charge in [0.05, 0.1) is 11.0 Å². The lowest BCUT2D eigenvalue weighted by molar-refractivity contribution is -0.384. The summed E-state index contributed by atoms with van der Waals surface area (Å²) in [7, 11) is 0. The summed E-state index contributed by atoms with van der Waals surface area (Å²) in [4.78, 5) is 33.9. The third-order valence-corrected chi connectivity index (χ3v) is 4.20. The van der Waals surface area contributed by atoms with Gasteiger partial charge in [0.15, 0.2) is 24.7 Å². The van der Waals surface area contributed by atoms with Crippen LogP contribution in [0.1, 0.15) is 19.4 Å². The van der Waals surface area contributed by atoms with Gasteiger partial charge in [-0.15, -0.1) is 0 Å². The molecule has 10 heteroatoms. The van der Waals surface area contributed by atoms with Crippen LogP contribution in [0.15, 0.2) is 36.4 Å². The van der Waals surface area contributed by atoms with Gasteiger partial charge in [-0.3, -0.25) is 14.9 Å². The molecule has 3 rings (SSSR count). The standard InChI is InChI=1S/C20H19FN2O7/c1-20(2)9-12-4-3-5-16(19(12)30-20)28-11-18(25)29-10-17(24)22-14-7-6-13(21)8-15(14)23(26)27/h3-8H,9-11H2,1-2H3,(H,22,24). The summed E-state index contributed by atoms with van der Waals surface area (Å²) in [5.41, 5.74) is -0.230. The molecule has 1 aliphatic heterocycles. The Bertz CT molecular complexity index is 1010. The Labute approximate surface area is 170 Å². The molecule has 9 nitrogen and oxygen atoms in total. The number of amides is 1. The molecule has 158 valence electrons. The Morgan fingerprint density at radius 1 is 1.27 bits per heavy atom. The SMILES string of the molecule is CC1(C)Cc2cccc(OCC(=O)OCC(=O)Nc3ccc(F)cc3[N+](=O)[O-])c2O1. The highest BCUT2D eigenvalue weighted by Crippen LogP contribution is 2.41. The van der Waals surface area contributed by atoms with Gasteiger partial charge in [-0.1, -0.05) is 12.1 Å². The van der Waals surface area contributed by atoms with Gasteiger partial charge in [0, 0.05) is 12.0 Å². The van der Waals surface area contributed by atoms with Gasteiger partial charge in [0.25, 0.3) is 11.6 Å². The van der Waals surface area contributed by atoms with Gasteiger partial charge >= 0.3 is 5.97 Å². The number of anilines is 1. The number of nitrogens with one attached hydrogen (secondary N) is 1. The lowest BCUT2D eigenvalue weighted by Crippen LogP contribution is -2.25. The maximum absolute atomic E-state index is 13.1. The van der Waals surface area contributed by atoms with E-state index in [-0.39, 0.29) is 11.3 Å². The van der Waals surface area contributed by atoms with Crippen LogP contribution in [0.4, 0.5) is 15.8 Å². The normalized spacial score (nSPS) is 13.7. The number of nitro groups is 1. The summed E-state index contributed by atoms with van der Waals surface area (Å²) in [6.07, 6.45) is 0.708. The van der Waals surface area contributed by atoms with E-state index < -0.39 is 41.5 Å². The summed E-state index contributed by atoms with van der Waals surface area (Å²) in [5, 5.41) is 13.1. The maximum atomic E-state index is 13.1. The van der Waals surface area contributed by atoms with E-state index in [1.54, 1.807) is 12.1 Å². The fraction of sp³-hybridized carbons (Fsp3) is 0.300. The van der Waals surface area contributed by atoms with Crippen molar-refractivity contribution in [1.82, 2.24) is 0 Å². The van der Waals surface area contributed by atoms with Crippen molar-refractivity contribution < 1.29 is 33.1 Å². The van der Waals surface area contributed by atoms with Gasteiger partial charge in [-0.25, -0.2) is 9.18 Å². The number of benzene rings is 2. The molecular weight excluding hydrogens is 399 g/mol. The first-order valence-corrected chi connectivity index (χ1v) is 8.98.